The fourth-order valence-electron chi connectivity index (χ4n) is 8.05. The number of hydrogen-bond acceptors (Lipinski definition) is 9. The highest BCUT2D eigenvalue weighted by Gasteiger charge is 2.37. The first-order valence-corrected chi connectivity index (χ1v) is 20.6. The highest BCUT2D eigenvalue weighted by atomic mass is 32.2. The van der Waals surface area contributed by atoms with Gasteiger partial charge in [-0.3, -0.25) is 9.79 Å². The molecule has 0 radical (unpaired) electrons. The van der Waals surface area contributed by atoms with Crippen molar-refractivity contribution >= 4 is 44.6 Å². The van der Waals surface area contributed by atoms with Crippen LogP contribution in [0.15, 0.2) is 91.9 Å². The Labute approximate surface area is 337 Å². The van der Waals surface area contributed by atoms with Crippen LogP contribution in [-0.2, 0) is 26.0 Å². The molecule has 0 saturated carbocycles. The monoisotopic (exact) mass is 805 g/mol. The third-order valence-electron chi connectivity index (χ3n) is 10.9. The number of nitrogens with one attached hydrogen (secondary N) is 3. The first-order chi connectivity index (χ1) is 27.5. The molecule has 1 aliphatic heterocycles. The number of amides is 2. The second-order valence-corrected chi connectivity index (χ2v) is 17.2. The maximum Gasteiger partial charge on any atom is 0.407 e. The van der Waals surface area contributed by atoms with Crippen LogP contribution in [-0.4, -0.2) is 51.2 Å². The van der Waals surface area contributed by atoms with Gasteiger partial charge in [0.25, 0.3) is 10.0 Å². The van der Waals surface area contributed by atoms with Gasteiger partial charge in [0.1, 0.15) is 29.6 Å². The Bertz CT molecular complexity index is 2620. The molecule has 302 valence electrons. The lowest BCUT2D eigenvalue weighted by atomic mass is 9.94. The number of fused-ring (bicyclic) bond motifs is 5. The minimum Gasteiger partial charge on any atom is -0.487 e. The number of carbonyl (C=O) groups is 2. The van der Waals surface area contributed by atoms with Crippen molar-refractivity contribution < 1.29 is 31.9 Å². The molecular weight excluding hydrogens is 759 g/mol. The summed E-state index contributed by atoms with van der Waals surface area (Å²) in [7, 11) is -4.12. The van der Waals surface area contributed by atoms with Gasteiger partial charge in [-0.15, -0.1) is 0 Å². The van der Waals surface area contributed by atoms with Crippen LogP contribution >= 0.6 is 0 Å². The van der Waals surface area contributed by atoms with E-state index in [1.807, 2.05) is 69.3 Å². The first kappa shape index (κ1) is 40.1. The minimum absolute atomic E-state index is 0.0358. The number of sulfonamides is 1. The van der Waals surface area contributed by atoms with E-state index in [1.54, 1.807) is 39.0 Å². The third-order valence-corrected chi connectivity index (χ3v) is 12.5. The summed E-state index contributed by atoms with van der Waals surface area (Å²) in [5.41, 5.74) is 13.5. The Hall–Kier alpha value is -6.15. The van der Waals surface area contributed by atoms with Crippen molar-refractivity contribution in [3.63, 3.8) is 0 Å². The highest BCUT2D eigenvalue weighted by Crippen LogP contribution is 2.45. The van der Waals surface area contributed by atoms with E-state index in [9.17, 15) is 22.8 Å². The number of nitrogens with two attached hydrogens (primary N) is 1. The molecule has 5 N–H and O–H groups in total. The molecular formula is C44H47N5O8S. The fourth-order valence-corrected chi connectivity index (χ4v) is 9.57. The van der Waals surface area contributed by atoms with E-state index >= 15 is 0 Å². The Morgan fingerprint density at radius 1 is 0.948 bits per heavy atom. The highest BCUT2D eigenvalue weighted by molar-refractivity contribution is 7.90. The smallest absolute Gasteiger partial charge is 0.407 e. The average molecular weight is 806 g/mol. The lowest BCUT2D eigenvalue weighted by Crippen LogP contribution is -2.44. The van der Waals surface area contributed by atoms with Crippen LogP contribution in [0.5, 0.6) is 5.75 Å². The van der Waals surface area contributed by atoms with Crippen molar-refractivity contribution in [3.05, 3.63) is 122 Å². The Morgan fingerprint density at radius 3 is 2.31 bits per heavy atom. The maximum absolute atomic E-state index is 13.8. The number of rotatable bonds is 11. The molecule has 1 atom stereocenters. The number of benzene rings is 4. The number of hydrogen-bond donors (Lipinski definition) is 4. The number of alkyl carbamates (subject to hydrolysis) is 1. The Kier molecular flexibility index (Phi) is 10.8. The van der Waals surface area contributed by atoms with Crippen LogP contribution in [0.3, 0.4) is 0 Å². The van der Waals surface area contributed by atoms with Crippen molar-refractivity contribution in [1.29, 1.82) is 0 Å². The van der Waals surface area contributed by atoms with E-state index in [4.69, 9.17) is 19.6 Å². The van der Waals surface area contributed by atoms with Gasteiger partial charge in [0.2, 0.25) is 11.9 Å². The summed E-state index contributed by atoms with van der Waals surface area (Å²) in [5, 5.41) is 6.23. The lowest BCUT2D eigenvalue weighted by molar-refractivity contribution is -0.118. The molecule has 58 heavy (non-hydrogen) atoms. The zero-order chi connectivity index (χ0) is 41.5. The van der Waals surface area contributed by atoms with Gasteiger partial charge in [0, 0.05) is 47.7 Å². The van der Waals surface area contributed by atoms with Gasteiger partial charge in [-0.05, 0) is 111 Å². The predicted molar refractivity (Wildman–Crippen MR) is 223 cm³/mol. The number of carbonyl (C=O) groups excluding carboxylic acids is 2. The average Bonchev–Trinajstić information content (AvgIpc) is 3.67. The molecule has 0 saturated heterocycles. The van der Waals surface area contributed by atoms with E-state index in [0.717, 1.165) is 38.9 Å². The SMILES string of the molecule is Cc1c(C)c(S(=O)(=O)NC(N)=NCCC[C@H](NC(=O)OCC2c3ccccc3-c3ccccc32)C(=O)Nc2ccc3c(C)cc(=O)oc3c2)c(C)c2c1OC(C)(C)C2. The van der Waals surface area contributed by atoms with Crippen LogP contribution in [0.4, 0.5) is 10.5 Å². The number of aliphatic imine (C=N–C) groups is 1. The van der Waals surface area contributed by atoms with Crippen molar-refractivity contribution in [3.8, 4) is 16.9 Å². The summed E-state index contributed by atoms with van der Waals surface area (Å²) in [6, 6.07) is 21.2. The quantitative estimate of drug-likeness (QED) is 0.0489. The van der Waals surface area contributed by atoms with Gasteiger partial charge in [0.15, 0.2) is 0 Å². The maximum atomic E-state index is 13.8. The molecule has 13 nitrogen and oxygen atoms in total. The number of aryl methyl sites for hydroxylation is 1. The molecule has 1 aromatic heterocycles. The molecule has 0 unspecified atom stereocenters. The number of anilines is 1. The molecule has 5 aromatic rings. The van der Waals surface area contributed by atoms with Crippen molar-refractivity contribution in [2.75, 3.05) is 18.5 Å². The molecule has 1 aliphatic carbocycles. The van der Waals surface area contributed by atoms with Gasteiger partial charge in [-0.2, -0.15) is 0 Å². The molecule has 2 amide bonds. The fraction of sp³-hybridized carbons (Fsp3) is 0.318. The van der Waals surface area contributed by atoms with Crippen molar-refractivity contribution in [1.82, 2.24) is 10.0 Å². The predicted octanol–water partition coefficient (Wildman–Crippen LogP) is 6.66. The molecule has 4 aromatic carbocycles. The van der Waals surface area contributed by atoms with Crippen molar-refractivity contribution in [2.45, 2.75) is 83.3 Å². The normalized spacial score (nSPS) is 14.9. The number of nitrogens with zero attached hydrogens (tertiary/aromatic N) is 1. The lowest BCUT2D eigenvalue weighted by Gasteiger charge is -2.20. The Morgan fingerprint density at radius 2 is 1.62 bits per heavy atom. The Balaban J connectivity index is 1.04. The molecule has 7 rings (SSSR count). The van der Waals surface area contributed by atoms with Crippen LogP contribution in [0.25, 0.3) is 22.1 Å². The molecule has 2 aliphatic rings. The topological polar surface area (TPSA) is 191 Å². The van der Waals surface area contributed by atoms with Crippen LogP contribution in [0, 0.1) is 27.7 Å². The van der Waals surface area contributed by atoms with Crippen LogP contribution in [0.1, 0.15) is 71.6 Å². The van der Waals surface area contributed by atoms with Gasteiger partial charge in [-0.1, -0.05) is 48.5 Å². The number of ether oxygens (including phenoxy) is 2. The summed E-state index contributed by atoms with van der Waals surface area (Å²) < 4.78 is 47.0. The van der Waals surface area contributed by atoms with E-state index in [2.05, 4.69) is 20.3 Å². The van der Waals surface area contributed by atoms with Crippen LogP contribution in [0.2, 0.25) is 0 Å². The number of guanidine groups is 1. The van der Waals surface area contributed by atoms with Crippen LogP contribution < -0.4 is 31.5 Å². The third kappa shape index (κ3) is 8.01. The molecule has 0 bridgehead atoms. The minimum atomic E-state index is -4.12. The van der Waals surface area contributed by atoms with E-state index in [-0.39, 0.29) is 42.8 Å². The molecule has 0 fully saturated rings. The van der Waals surface area contributed by atoms with E-state index in [0.29, 0.717) is 40.0 Å². The van der Waals surface area contributed by atoms with E-state index < -0.39 is 39.3 Å². The zero-order valence-electron chi connectivity index (χ0n) is 33.3. The van der Waals surface area contributed by atoms with Gasteiger partial charge >= 0.3 is 11.7 Å². The summed E-state index contributed by atoms with van der Waals surface area (Å²) >= 11 is 0. The zero-order valence-corrected chi connectivity index (χ0v) is 34.1. The molecule has 2 heterocycles. The largest absolute Gasteiger partial charge is 0.487 e. The first-order valence-electron chi connectivity index (χ1n) is 19.1. The summed E-state index contributed by atoms with van der Waals surface area (Å²) in [5.74, 6) is -0.332. The standard InChI is InChI=1S/C44H47N5O8S/c1-24-20-38(50)56-37-21-28(17-18-29(24)37)47-41(51)36(48-43(52)55-23-35-32-14-9-7-12-30(32)31-13-8-10-15-33(31)35)16-11-19-46-42(45)49-58(53,54)40-26(3)25(2)39-34(27(40)4)22-44(5,6)57-39/h7-10,12-15,17-18,20-21,35-36H,11,16,19,22-23H2,1-6H3,(H,47,51)(H,48,52)(H3,45,46,49)/t36-/m0/s1. The summed E-state index contributed by atoms with van der Waals surface area (Å²) in [6.45, 7) is 11.1. The van der Waals surface area contributed by atoms with Crippen molar-refractivity contribution in [2.24, 2.45) is 10.7 Å². The summed E-state index contributed by atoms with van der Waals surface area (Å²) in [6.07, 6.45) is 0.108. The van der Waals surface area contributed by atoms with E-state index in [1.165, 1.54) is 6.07 Å². The molecule has 0 spiro atoms. The second-order valence-electron chi connectivity index (χ2n) is 15.5. The second kappa shape index (κ2) is 15.7. The molecule has 14 heteroatoms. The summed E-state index contributed by atoms with van der Waals surface area (Å²) in [4.78, 5) is 43.5. The van der Waals surface area contributed by atoms with Gasteiger partial charge in [0.05, 0.1) is 4.90 Å². The van der Waals surface area contributed by atoms with Gasteiger partial charge < -0.3 is 30.3 Å². The van der Waals surface area contributed by atoms with Gasteiger partial charge in [-0.25, -0.2) is 22.7 Å².